The van der Waals surface area contributed by atoms with Crippen LogP contribution in [-0.2, 0) is 4.79 Å². The molecule has 0 aliphatic rings. The highest BCUT2D eigenvalue weighted by Gasteiger charge is 1.96. The minimum atomic E-state index is -0.319. The molecule has 3 nitrogen and oxygen atoms in total. The summed E-state index contributed by atoms with van der Waals surface area (Å²) in [6.07, 6.45) is 0. The normalized spacial score (nSPS) is 8.46. The summed E-state index contributed by atoms with van der Waals surface area (Å²) in [5.74, 6) is 0.953. The number of ether oxygens (including phenoxy) is 2. The second-order valence-corrected chi connectivity index (χ2v) is 2.27. The third-order valence-electron chi connectivity index (χ3n) is 1.32. The van der Waals surface area contributed by atoms with Crippen LogP contribution in [0.15, 0.2) is 24.3 Å². The Morgan fingerprint density at radius 2 is 1.62 bits per heavy atom. The van der Waals surface area contributed by atoms with E-state index in [0.29, 0.717) is 5.75 Å². The third-order valence-corrected chi connectivity index (χ3v) is 1.32. The van der Waals surface area contributed by atoms with Crippen molar-refractivity contribution in [1.82, 2.24) is 0 Å². The van der Waals surface area contributed by atoms with E-state index in [-0.39, 0.29) is 18.4 Å². The van der Waals surface area contributed by atoms with Gasteiger partial charge in [0.15, 0.2) is 0 Å². The summed E-state index contributed by atoms with van der Waals surface area (Å²) in [5.41, 5.74) is 0. The van der Waals surface area contributed by atoms with E-state index in [9.17, 15) is 4.79 Å². The van der Waals surface area contributed by atoms with E-state index in [1.165, 1.54) is 6.92 Å². The molecule has 13 heavy (non-hydrogen) atoms. The fourth-order valence-electron chi connectivity index (χ4n) is 0.810. The predicted octanol–water partition coefficient (Wildman–Crippen LogP) is 2.04. The Labute approximate surface area is 83.1 Å². The lowest BCUT2D eigenvalue weighted by Crippen LogP contribution is -2.00. The van der Waals surface area contributed by atoms with Crippen molar-refractivity contribution < 1.29 is 14.3 Å². The number of hydrogen-bond donors (Lipinski definition) is 0. The molecule has 0 atom stereocenters. The Balaban J connectivity index is 0.00000144. The van der Waals surface area contributed by atoms with Crippen molar-refractivity contribution in [3.05, 3.63) is 24.3 Å². The maximum atomic E-state index is 10.5. The third kappa shape index (κ3) is 3.80. The Kier molecular flexibility index (Phi) is 4.92. The average Bonchev–Trinajstić information content (AvgIpc) is 2.05. The molecule has 0 bridgehead atoms. The van der Waals surface area contributed by atoms with Crippen molar-refractivity contribution in [2.45, 2.75) is 6.92 Å². The van der Waals surface area contributed by atoms with E-state index >= 15 is 0 Å². The molecule has 1 aromatic carbocycles. The molecular formula is C9H11ClO3. The van der Waals surface area contributed by atoms with Gasteiger partial charge in [-0.3, -0.25) is 4.79 Å². The zero-order valence-corrected chi connectivity index (χ0v) is 8.26. The van der Waals surface area contributed by atoms with E-state index in [1.807, 2.05) is 0 Å². The number of rotatable bonds is 2. The molecule has 0 unspecified atom stereocenters. The molecule has 0 spiro atoms. The Hall–Kier alpha value is -1.22. The minimum absolute atomic E-state index is 0. The largest absolute Gasteiger partial charge is 0.497 e. The van der Waals surface area contributed by atoms with Gasteiger partial charge >= 0.3 is 5.97 Å². The van der Waals surface area contributed by atoms with Crippen LogP contribution in [0, 0.1) is 0 Å². The number of hydrogen-bond acceptors (Lipinski definition) is 3. The molecule has 0 aliphatic carbocycles. The van der Waals surface area contributed by atoms with Crippen LogP contribution in [0.4, 0.5) is 0 Å². The molecule has 1 aromatic rings. The van der Waals surface area contributed by atoms with Crippen molar-refractivity contribution in [1.29, 1.82) is 0 Å². The summed E-state index contributed by atoms with van der Waals surface area (Å²) in [5, 5.41) is 0. The van der Waals surface area contributed by atoms with Gasteiger partial charge in [-0.1, -0.05) is 0 Å². The maximum absolute atomic E-state index is 10.5. The van der Waals surface area contributed by atoms with Crippen LogP contribution in [0.3, 0.4) is 0 Å². The summed E-state index contributed by atoms with van der Waals surface area (Å²) >= 11 is 0. The van der Waals surface area contributed by atoms with Gasteiger partial charge in [-0.15, -0.1) is 12.4 Å². The summed E-state index contributed by atoms with van der Waals surface area (Å²) in [4.78, 5) is 10.5. The van der Waals surface area contributed by atoms with Crippen LogP contribution in [-0.4, -0.2) is 13.1 Å². The number of methoxy groups -OCH3 is 1. The molecule has 0 aliphatic heterocycles. The van der Waals surface area contributed by atoms with E-state index in [2.05, 4.69) is 0 Å². The van der Waals surface area contributed by atoms with Crippen LogP contribution < -0.4 is 9.47 Å². The van der Waals surface area contributed by atoms with Crippen molar-refractivity contribution in [3.8, 4) is 11.5 Å². The molecule has 72 valence electrons. The Morgan fingerprint density at radius 3 is 2.00 bits per heavy atom. The molecule has 0 heterocycles. The van der Waals surface area contributed by atoms with Gasteiger partial charge in [0.25, 0.3) is 0 Å². The second-order valence-electron chi connectivity index (χ2n) is 2.27. The number of benzene rings is 1. The lowest BCUT2D eigenvalue weighted by Gasteiger charge is -2.01. The summed E-state index contributed by atoms with van der Waals surface area (Å²) in [6, 6.07) is 6.83. The first-order valence-corrected chi connectivity index (χ1v) is 3.55. The van der Waals surface area contributed by atoms with E-state index in [0.717, 1.165) is 5.75 Å². The maximum Gasteiger partial charge on any atom is 0.308 e. The monoisotopic (exact) mass is 202 g/mol. The average molecular weight is 203 g/mol. The first kappa shape index (κ1) is 11.8. The number of carbonyl (C=O) groups is 1. The number of carbonyl (C=O) groups excluding carboxylic acids is 1. The van der Waals surface area contributed by atoms with E-state index in [4.69, 9.17) is 9.47 Å². The zero-order chi connectivity index (χ0) is 8.97. The highest BCUT2D eigenvalue weighted by atomic mass is 35.5. The highest BCUT2D eigenvalue weighted by molar-refractivity contribution is 5.85. The molecule has 0 amide bonds. The van der Waals surface area contributed by atoms with Crippen molar-refractivity contribution in [2.75, 3.05) is 7.11 Å². The molecule has 1 rings (SSSR count). The second kappa shape index (κ2) is 5.43. The summed E-state index contributed by atoms with van der Waals surface area (Å²) < 4.78 is 9.75. The van der Waals surface area contributed by atoms with Crippen LogP contribution in [0.1, 0.15) is 6.92 Å². The van der Waals surface area contributed by atoms with E-state index < -0.39 is 0 Å². The lowest BCUT2D eigenvalue weighted by molar-refractivity contribution is -0.131. The van der Waals surface area contributed by atoms with Crippen LogP contribution in [0.25, 0.3) is 0 Å². The predicted molar refractivity (Wildman–Crippen MR) is 51.6 cm³/mol. The quantitative estimate of drug-likeness (QED) is 0.544. The number of halogens is 1. The van der Waals surface area contributed by atoms with Gasteiger partial charge in [-0.25, -0.2) is 0 Å². The van der Waals surface area contributed by atoms with E-state index in [1.54, 1.807) is 31.4 Å². The van der Waals surface area contributed by atoms with Gasteiger partial charge < -0.3 is 9.47 Å². The van der Waals surface area contributed by atoms with Crippen molar-refractivity contribution >= 4 is 18.4 Å². The molecule has 0 fully saturated rings. The molecule has 4 heteroatoms. The first-order chi connectivity index (χ1) is 5.72. The van der Waals surface area contributed by atoms with Crippen LogP contribution >= 0.6 is 12.4 Å². The highest BCUT2D eigenvalue weighted by Crippen LogP contribution is 2.16. The Morgan fingerprint density at radius 1 is 1.15 bits per heavy atom. The van der Waals surface area contributed by atoms with Gasteiger partial charge in [0.1, 0.15) is 11.5 Å². The summed E-state index contributed by atoms with van der Waals surface area (Å²) in [6.45, 7) is 1.37. The van der Waals surface area contributed by atoms with Crippen LogP contribution in [0.5, 0.6) is 11.5 Å². The SMILES string of the molecule is COc1ccc(OC(C)=O)cc1.Cl. The first-order valence-electron chi connectivity index (χ1n) is 3.55. The van der Waals surface area contributed by atoms with Gasteiger partial charge in [-0.05, 0) is 24.3 Å². The molecule has 0 N–H and O–H groups in total. The smallest absolute Gasteiger partial charge is 0.308 e. The molecular weight excluding hydrogens is 192 g/mol. The molecule has 0 aromatic heterocycles. The topological polar surface area (TPSA) is 35.5 Å². The molecule has 0 radical (unpaired) electrons. The fourth-order valence-corrected chi connectivity index (χ4v) is 0.810. The van der Waals surface area contributed by atoms with Gasteiger partial charge in [0, 0.05) is 6.92 Å². The standard InChI is InChI=1S/C9H10O3.ClH/c1-7(10)12-9-5-3-8(11-2)4-6-9;/h3-6H,1-2H3;1H. The zero-order valence-electron chi connectivity index (χ0n) is 7.44. The van der Waals surface area contributed by atoms with Gasteiger partial charge in [0.2, 0.25) is 0 Å². The van der Waals surface area contributed by atoms with Gasteiger partial charge in [0.05, 0.1) is 7.11 Å². The lowest BCUT2D eigenvalue weighted by atomic mass is 10.3. The van der Waals surface area contributed by atoms with Crippen molar-refractivity contribution in [3.63, 3.8) is 0 Å². The van der Waals surface area contributed by atoms with Gasteiger partial charge in [-0.2, -0.15) is 0 Å². The molecule has 0 saturated carbocycles. The molecule has 0 saturated heterocycles. The fraction of sp³-hybridized carbons (Fsp3) is 0.222. The Bertz CT molecular complexity index is 269. The summed E-state index contributed by atoms with van der Waals surface area (Å²) in [7, 11) is 1.58. The minimum Gasteiger partial charge on any atom is -0.497 e. The number of esters is 1. The van der Waals surface area contributed by atoms with Crippen molar-refractivity contribution in [2.24, 2.45) is 0 Å². The van der Waals surface area contributed by atoms with Crippen LogP contribution in [0.2, 0.25) is 0 Å².